The van der Waals surface area contributed by atoms with E-state index in [4.69, 9.17) is 4.42 Å². The van der Waals surface area contributed by atoms with Crippen LogP contribution in [0.25, 0.3) is 22.4 Å². The molecule has 4 aromatic rings. The molecule has 1 amide bonds. The molecule has 7 heteroatoms. The van der Waals surface area contributed by atoms with Gasteiger partial charge in [-0.2, -0.15) is 5.10 Å². The Hall–Kier alpha value is -4.13. The summed E-state index contributed by atoms with van der Waals surface area (Å²) in [6.07, 6.45) is 2.84. The van der Waals surface area contributed by atoms with Gasteiger partial charge in [-0.15, -0.1) is 0 Å². The number of nitrogens with one attached hydrogen (secondary N) is 1. The van der Waals surface area contributed by atoms with Gasteiger partial charge < -0.3 is 14.6 Å². The number of hydrazone groups is 1. The molecule has 2 aromatic carbocycles. The van der Waals surface area contributed by atoms with E-state index in [0.29, 0.717) is 33.5 Å². The quantitative estimate of drug-likeness (QED) is 0.374. The number of pyridine rings is 1. The van der Waals surface area contributed by atoms with E-state index in [1.165, 1.54) is 24.4 Å². The lowest BCUT2D eigenvalue weighted by atomic mass is 10.1. The van der Waals surface area contributed by atoms with E-state index in [-0.39, 0.29) is 11.5 Å². The number of para-hydroxylation sites is 1. The second-order valence-corrected chi connectivity index (χ2v) is 5.99. The zero-order chi connectivity index (χ0) is 19.5. The number of carbonyl (C=O) groups is 1. The van der Waals surface area contributed by atoms with Crippen molar-refractivity contribution in [1.29, 1.82) is 0 Å². The Labute approximate surface area is 159 Å². The number of hydrogen-bond acceptors (Lipinski definition) is 6. The molecule has 0 radical (unpaired) electrons. The van der Waals surface area contributed by atoms with Gasteiger partial charge in [0.1, 0.15) is 17.2 Å². The number of aromatic hydroxyl groups is 2. The first-order valence-electron chi connectivity index (χ1n) is 8.41. The van der Waals surface area contributed by atoms with Crippen LogP contribution in [0.15, 0.2) is 76.4 Å². The summed E-state index contributed by atoms with van der Waals surface area (Å²) >= 11 is 0. The number of benzene rings is 2. The molecule has 0 bridgehead atoms. The lowest BCUT2D eigenvalue weighted by Crippen LogP contribution is -2.18. The van der Waals surface area contributed by atoms with Crippen LogP contribution in [0.2, 0.25) is 0 Å². The molecule has 138 valence electrons. The number of fused-ring (bicyclic) bond motifs is 1. The number of amides is 1. The Kier molecular flexibility index (Phi) is 4.47. The van der Waals surface area contributed by atoms with Gasteiger partial charge in [-0.1, -0.05) is 18.2 Å². The van der Waals surface area contributed by atoms with Crippen molar-refractivity contribution in [3.63, 3.8) is 0 Å². The summed E-state index contributed by atoms with van der Waals surface area (Å²) in [5.74, 6) is -0.0851. The van der Waals surface area contributed by atoms with Gasteiger partial charge in [0.05, 0.1) is 23.6 Å². The Bertz CT molecular complexity index is 1180. The van der Waals surface area contributed by atoms with Crippen LogP contribution in [0.1, 0.15) is 15.9 Å². The Morgan fingerprint density at radius 2 is 1.93 bits per heavy atom. The molecule has 0 saturated heterocycles. The van der Waals surface area contributed by atoms with Crippen molar-refractivity contribution in [1.82, 2.24) is 10.4 Å². The van der Waals surface area contributed by atoms with Crippen molar-refractivity contribution >= 4 is 23.0 Å². The monoisotopic (exact) mass is 373 g/mol. The minimum Gasteiger partial charge on any atom is -0.508 e. The second kappa shape index (κ2) is 7.24. The van der Waals surface area contributed by atoms with Crippen LogP contribution in [0, 0.1) is 0 Å². The third-order valence-electron chi connectivity index (χ3n) is 4.12. The summed E-state index contributed by atoms with van der Waals surface area (Å²) in [5.41, 5.74) is 4.39. The number of phenols is 2. The van der Waals surface area contributed by atoms with Gasteiger partial charge in [-0.3, -0.25) is 4.79 Å². The van der Waals surface area contributed by atoms with Crippen LogP contribution in [-0.2, 0) is 0 Å². The summed E-state index contributed by atoms with van der Waals surface area (Å²) in [6, 6.07) is 16.5. The van der Waals surface area contributed by atoms with E-state index in [9.17, 15) is 15.0 Å². The average molecular weight is 373 g/mol. The van der Waals surface area contributed by atoms with Crippen LogP contribution < -0.4 is 5.43 Å². The van der Waals surface area contributed by atoms with Gasteiger partial charge in [-0.25, -0.2) is 10.4 Å². The average Bonchev–Trinajstić information content (AvgIpc) is 3.23. The molecule has 0 aliphatic heterocycles. The normalized spacial score (nSPS) is 11.1. The molecular weight excluding hydrogens is 358 g/mol. The van der Waals surface area contributed by atoms with E-state index < -0.39 is 5.91 Å². The first-order chi connectivity index (χ1) is 13.6. The smallest absolute Gasteiger partial charge is 0.272 e. The van der Waals surface area contributed by atoms with Crippen LogP contribution >= 0.6 is 0 Å². The Morgan fingerprint density at radius 3 is 2.71 bits per heavy atom. The van der Waals surface area contributed by atoms with Gasteiger partial charge in [0.25, 0.3) is 5.91 Å². The van der Waals surface area contributed by atoms with Crippen molar-refractivity contribution in [3.05, 3.63) is 78.1 Å². The number of phenolic OH excluding ortho intramolecular Hbond substituents is 2. The minimum absolute atomic E-state index is 0.0626. The lowest BCUT2D eigenvalue weighted by molar-refractivity contribution is 0.0956. The van der Waals surface area contributed by atoms with Crippen molar-refractivity contribution in [2.45, 2.75) is 0 Å². The van der Waals surface area contributed by atoms with Crippen molar-refractivity contribution in [2.75, 3.05) is 0 Å². The number of aromatic nitrogens is 1. The zero-order valence-electron chi connectivity index (χ0n) is 14.5. The molecule has 0 saturated carbocycles. The van der Waals surface area contributed by atoms with Gasteiger partial charge in [0, 0.05) is 17.0 Å². The highest BCUT2D eigenvalue weighted by Gasteiger charge is 2.14. The fourth-order valence-electron chi connectivity index (χ4n) is 2.78. The molecule has 2 heterocycles. The number of carbonyl (C=O) groups excluding carboxylic acids is 1. The molecule has 2 aromatic heterocycles. The maximum atomic E-state index is 12.7. The van der Waals surface area contributed by atoms with Gasteiger partial charge >= 0.3 is 0 Å². The third-order valence-corrected chi connectivity index (χ3v) is 4.12. The maximum absolute atomic E-state index is 12.7. The van der Waals surface area contributed by atoms with Crippen LogP contribution in [0.4, 0.5) is 0 Å². The summed E-state index contributed by atoms with van der Waals surface area (Å²) in [5, 5.41) is 23.7. The highest BCUT2D eigenvalue weighted by molar-refractivity contribution is 6.07. The molecule has 0 aliphatic carbocycles. The molecule has 0 atom stereocenters. The number of hydrogen-bond donors (Lipinski definition) is 3. The van der Waals surface area contributed by atoms with E-state index in [0.717, 1.165) is 0 Å². The molecule has 28 heavy (non-hydrogen) atoms. The first kappa shape index (κ1) is 17.3. The summed E-state index contributed by atoms with van der Waals surface area (Å²) in [4.78, 5) is 17.3. The molecule has 0 aliphatic rings. The number of furan rings is 1. The molecule has 0 unspecified atom stereocenters. The number of nitrogens with zero attached hydrogens (tertiary/aromatic N) is 2. The van der Waals surface area contributed by atoms with Crippen molar-refractivity contribution in [2.24, 2.45) is 5.10 Å². The summed E-state index contributed by atoms with van der Waals surface area (Å²) < 4.78 is 5.39. The molecule has 4 rings (SSSR count). The second-order valence-electron chi connectivity index (χ2n) is 5.99. The van der Waals surface area contributed by atoms with Crippen molar-refractivity contribution < 1.29 is 19.4 Å². The van der Waals surface area contributed by atoms with Crippen LogP contribution in [0.5, 0.6) is 11.5 Å². The van der Waals surface area contributed by atoms with Crippen LogP contribution in [0.3, 0.4) is 0 Å². The fourth-order valence-corrected chi connectivity index (χ4v) is 2.78. The predicted molar refractivity (Wildman–Crippen MR) is 104 cm³/mol. The van der Waals surface area contributed by atoms with Gasteiger partial charge in [0.15, 0.2) is 5.76 Å². The largest absolute Gasteiger partial charge is 0.508 e. The van der Waals surface area contributed by atoms with E-state index in [2.05, 4.69) is 15.5 Å². The first-order valence-corrected chi connectivity index (χ1v) is 8.41. The van der Waals surface area contributed by atoms with E-state index >= 15 is 0 Å². The van der Waals surface area contributed by atoms with E-state index in [1.54, 1.807) is 30.5 Å². The SMILES string of the molecule is O=C(N/N=C/c1ccc(O)cc1O)c1cc(-c2ccco2)nc2ccccc12. The highest BCUT2D eigenvalue weighted by atomic mass is 16.3. The highest BCUT2D eigenvalue weighted by Crippen LogP contribution is 2.25. The number of rotatable bonds is 4. The molecule has 7 nitrogen and oxygen atoms in total. The van der Waals surface area contributed by atoms with Crippen molar-refractivity contribution in [3.8, 4) is 23.0 Å². The van der Waals surface area contributed by atoms with Gasteiger partial charge in [-0.05, 0) is 36.4 Å². The fraction of sp³-hybridized carbons (Fsp3) is 0. The summed E-state index contributed by atoms with van der Waals surface area (Å²) in [6.45, 7) is 0. The predicted octanol–water partition coefficient (Wildman–Crippen LogP) is 3.67. The molecule has 0 fully saturated rings. The maximum Gasteiger partial charge on any atom is 0.272 e. The standard InChI is InChI=1S/C21H15N3O4/c25-14-8-7-13(19(26)10-14)12-22-24-21(27)16-11-18(20-6-3-9-28-20)23-17-5-2-1-4-15(16)17/h1-12,25-26H,(H,24,27)/b22-12+. The zero-order valence-corrected chi connectivity index (χ0v) is 14.5. The molecule has 0 spiro atoms. The van der Waals surface area contributed by atoms with Crippen LogP contribution in [-0.4, -0.2) is 27.3 Å². The topological polar surface area (TPSA) is 108 Å². The lowest BCUT2D eigenvalue weighted by Gasteiger charge is -2.07. The molecule has 3 N–H and O–H groups in total. The third kappa shape index (κ3) is 3.41. The molecular formula is C21H15N3O4. The Morgan fingerprint density at radius 1 is 1.07 bits per heavy atom. The minimum atomic E-state index is -0.430. The Balaban J connectivity index is 1.65. The summed E-state index contributed by atoms with van der Waals surface area (Å²) in [7, 11) is 0. The van der Waals surface area contributed by atoms with Gasteiger partial charge in [0.2, 0.25) is 0 Å². The van der Waals surface area contributed by atoms with E-state index in [1.807, 2.05) is 18.2 Å².